The molecule has 5 heteroatoms. The maximum atomic E-state index is 5.20. The van der Waals surface area contributed by atoms with Gasteiger partial charge in [-0.05, 0) is 0 Å². The first-order chi connectivity index (χ1) is 31.5. The fraction of sp³-hybridized carbons (Fsp3) is 0.0339. The van der Waals surface area contributed by atoms with Crippen molar-refractivity contribution >= 4 is 52.7 Å². The summed E-state index contributed by atoms with van der Waals surface area (Å²) in [5.74, 6) is 1.89. The van der Waals surface area contributed by atoms with Gasteiger partial charge in [0, 0.05) is 0 Å². The van der Waals surface area contributed by atoms with Crippen LogP contribution in [-0.2, 0) is 0 Å². The molecule has 0 saturated carbocycles. The van der Waals surface area contributed by atoms with E-state index in [9.17, 15) is 0 Å². The maximum absolute atomic E-state index is 5.20. The van der Waals surface area contributed by atoms with E-state index in [0.29, 0.717) is 17.5 Å². The second-order valence-electron chi connectivity index (χ2n) is 16.6. The van der Waals surface area contributed by atoms with Crippen molar-refractivity contribution in [3.8, 4) is 51.0 Å². The van der Waals surface area contributed by atoms with E-state index in [1.165, 1.54) is 39.5 Å². The van der Waals surface area contributed by atoms with E-state index in [4.69, 9.17) is 15.0 Å². The molecule has 64 heavy (non-hydrogen) atoms. The van der Waals surface area contributed by atoms with E-state index in [1.807, 2.05) is 36.4 Å². The van der Waals surface area contributed by atoms with Crippen molar-refractivity contribution in [2.24, 2.45) is 0 Å². The fourth-order valence-electron chi connectivity index (χ4n) is 9.53. The summed E-state index contributed by atoms with van der Waals surface area (Å²) in [6, 6.07) is 83.8. The van der Waals surface area contributed by atoms with Gasteiger partial charge in [0.25, 0.3) is 0 Å². The Bertz CT molecular complexity index is 3230. The van der Waals surface area contributed by atoms with Gasteiger partial charge in [-0.2, -0.15) is 0 Å². The van der Waals surface area contributed by atoms with Crippen molar-refractivity contribution in [2.45, 2.75) is 13.8 Å². The second-order valence-corrected chi connectivity index (χ2v) is 24.6. The Morgan fingerprint density at radius 3 is 1.20 bits per heavy atom. The molecular formula is C59H44GeN4. The van der Waals surface area contributed by atoms with Crippen LogP contribution in [0.4, 0.5) is 0 Å². The van der Waals surface area contributed by atoms with E-state index in [2.05, 4.69) is 213 Å². The predicted molar refractivity (Wildman–Crippen MR) is 269 cm³/mol. The Morgan fingerprint density at radius 2 is 0.734 bits per heavy atom. The van der Waals surface area contributed by atoms with E-state index < -0.39 is 13.3 Å². The minimum absolute atomic E-state index is 0.618. The normalized spacial score (nSPS) is 11.6. The summed E-state index contributed by atoms with van der Waals surface area (Å²) in [6.45, 7) is 4.35. The summed E-state index contributed by atoms with van der Waals surface area (Å²) in [5, 5.41) is 2.46. The second kappa shape index (κ2) is 16.6. The molecule has 11 aromatic rings. The Labute approximate surface area is 376 Å². The first kappa shape index (κ1) is 39.2. The van der Waals surface area contributed by atoms with E-state index in [0.717, 1.165) is 44.5 Å². The molecule has 11 rings (SSSR count). The summed E-state index contributed by atoms with van der Waals surface area (Å²) in [6.07, 6.45) is 0. The first-order valence-electron chi connectivity index (χ1n) is 21.9. The van der Waals surface area contributed by atoms with Gasteiger partial charge in [-0.25, -0.2) is 0 Å². The van der Waals surface area contributed by atoms with Crippen molar-refractivity contribution in [3.05, 3.63) is 242 Å². The third-order valence-corrected chi connectivity index (χ3v) is 22.5. The standard InChI is InChI=1S/C59H44GeN4/c1-41-31-35-54-52(37-41)53-38-42(2)32-36-55(53)64(54)56-40-46(59-62-57(43-19-8-3-9-20-43)61-58(63-59)44-21-10-4-11-22-44)33-34-51(56)45-23-18-30-50(39-45)60(47-24-12-5-13-25-47,48-26-14-6-15-27-48)49-28-16-7-17-29-49/h3-40H,1-2H3. The molecule has 0 saturated heterocycles. The average molecular weight is 882 g/mol. The predicted octanol–water partition coefficient (Wildman–Crippen LogP) is 11.6. The Balaban J connectivity index is 1.20. The molecule has 0 spiro atoms. The molecule has 0 fully saturated rings. The summed E-state index contributed by atoms with van der Waals surface area (Å²) in [7, 11) is 0. The van der Waals surface area contributed by atoms with Crippen LogP contribution in [0.5, 0.6) is 0 Å². The van der Waals surface area contributed by atoms with Crippen LogP contribution in [0.3, 0.4) is 0 Å². The molecule has 2 heterocycles. The molecule has 0 aliphatic rings. The van der Waals surface area contributed by atoms with Crippen molar-refractivity contribution in [1.29, 1.82) is 0 Å². The zero-order chi connectivity index (χ0) is 43.0. The average Bonchev–Trinajstić information content (AvgIpc) is 3.67. The number of benzene rings is 9. The minimum atomic E-state index is -3.60. The quantitative estimate of drug-likeness (QED) is 0.136. The molecule has 0 N–H and O–H groups in total. The van der Waals surface area contributed by atoms with Gasteiger partial charge in [-0.15, -0.1) is 0 Å². The molecular weight excluding hydrogens is 837 g/mol. The van der Waals surface area contributed by atoms with Gasteiger partial charge in [-0.1, -0.05) is 36.4 Å². The number of fused-ring (bicyclic) bond motifs is 3. The SMILES string of the molecule is Cc1ccc2c(c1)c1cc(C)ccc1n2-c1cc(-c2nc(-c3ccccc3)nc(-c3ccccc3)n2)ccc1-c1ccc[c]([Ge]([c]2ccccc2)([c]2ccccc2)[c]2ccccc2)c1. The van der Waals surface area contributed by atoms with E-state index >= 15 is 0 Å². The van der Waals surface area contributed by atoms with Crippen molar-refractivity contribution in [3.63, 3.8) is 0 Å². The van der Waals surface area contributed by atoms with Crippen LogP contribution in [0, 0.1) is 13.8 Å². The molecule has 4 nitrogen and oxygen atoms in total. The summed E-state index contributed by atoms with van der Waals surface area (Å²) >= 11 is -3.60. The van der Waals surface area contributed by atoms with Gasteiger partial charge < -0.3 is 0 Å². The molecule has 2 aromatic heterocycles. The molecule has 304 valence electrons. The number of hydrogen-bond acceptors (Lipinski definition) is 3. The topological polar surface area (TPSA) is 43.6 Å². The van der Waals surface area contributed by atoms with Crippen LogP contribution in [0.2, 0.25) is 0 Å². The van der Waals surface area contributed by atoms with Gasteiger partial charge in [0.05, 0.1) is 0 Å². The summed E-state index contributed by atoms with van der Waals surface area (Å²) in [5.41, 5.74) is 10.9. The van der Waals surface area contributed by atoms with Crippen LogP contribution < -0.4 is 17.6 Å². The zero-order valence-electron chi connectivity index (χ0n) is 35.7. The molecule has 9 aromatic carbocycles. The van der Waals surface area contributed by atoms with Crippen LogP contribution in [0.1, 0.15) is 11.1 Å². The van der Waals surface area contributed by atoms with E-state index in [-0.39, 0.29) is 0 Å². The Morgan fingerprint density at radius 1 is 0.328 bits per heavy atom. The van der Waals surface area contributed by atoms with Crippen LogP contribution >= 0.6 is 0 Å². The summed E-state index contributed by atoms with van der Waals surface area (Å²) in [4.78, 5) is 15.4. The van der Waals surface area contributed by atoms with Crippen molar-refractivity contribution < 1.29 is 0 Å². The molecule has 0 radical (unpaired) electrons. The molecule has 0 amide bonds. The Kier molecular flexibility index (Phi) is 10.1. The van der Waals surface area contributed by atoms with Crippen LogP contribution in [-0.4, -0.2) is 32.8 Å². The fourth-order valence-corrected chi connectivity index (χ4v) is 19.6. The number of hydrogen-bond donors (Lipinski definition) is 0. The van der Waals surface area contributed by atoms with Gasteiger partial charge in [0.2, 0.25) is 0 Å². The monoisotopic (exact) mass is 882 g/mol. The van der Waals surface area contributed by atoms with E-state index in [1.54, 1.807) is 0 Å². The van der Waals surface area contributed by atoms with Crippen LogP contribution in [0.25, 0.3) is 72.8 Å². The molecule has 0 unspecified atom stereocenters. The van der Waals surface area contributed by atoms with Gasteiger partial charge >= 0.3 is 342 Å². The molecule has 0 aliphatic heterocycles. The number of aryl methyl sites for hydroxylation is 2. The first-order valence-corrected chi connectivity index (χ1v) is 26.0. The number of aromatic nitrogens is 4. The third-order valence-electron chi connectivity index (χ3n) is 12.5. The molecule has 0 bridgehead atoms. The Hall–Kier alpha value is -7.67. The van der Waals surface area contributed by atoms with Gasteiger partial charge in [0.1, 0.15) is 0 Å². The number of rotatable bonds is 9. The molecule has 0 atom stereocenters. The third kappa shape index (κ3) is 6.93. The molecule has 0 aliphatic carbocycles. The van der Waals surface area contributed by atoms with Crippen molar-refractivity contribution in [2.75, 3.05) is 0 Å². The van der Waals surface area contributed by atoms with Crippen molar-refractivity contribution in [1.82, 2.24) is 19.5 Å². The summed E-state index contributed by atoms with van der Waals surface area (Å²) < 4.78 is 7.98. The number of nitrogens with zero attached hydrogens (tertiary/aromatic N) is 4. The zero-order valence-corrected chi connectivity index (χ0v) is 37.8. The van der Waals surface area contributed by atoms with Crippen LogP contribution in [0.15, 0.2) is 231 Å². The van der Waals surface area contributed by atoms with Gasteiger partial charge in [0.15, 0.2) is 0 Å². The van der Waals surface area contributed by atoms with Gasteiger partial charge in [-0.3, -0.25) is 0 Å².